The van der Waals surface area contributed by atoms with Gasteiger partial charge >= 0.3 is 12.1 Å². The predicted octanol–water partition coefficient (Wildman–Crippen LogP) is 5.62. The fraction of sp³-hybridized carbons (Fsp3) is 0.462. The van der Waals surface area contributed by atoms with Crippen molar-refractivity contribution in [3.63, 3.8) is 0 Å². The van der Waals surface area contributed by atoms with Crippen LogP contribution in [-0.2, 0) is 9.59 Å². The first-order valence-electron chi connectivity index (χ1n) is 12.1. The molecule has 1 saturated heterocycles. The van der Waals surface area contributed by atoms with Gasteiger partial charge in [0.05, 0.1) is 11.4 Å². The predicted molar refractivity (Wildman–Crippen MR) is 133 cm³/mol. The zero-order valence-electron chi connectivity index (χ0n) is 19.8. The lowest BCUT2D eigenvalue weighted by Gasteiger charge is -2.37. The molecule has 36 heavy (non-hydrogen) atoms. The maximum Gasteiger partial charge on any atom is 0.471 e. The van der Waals surface area contributed by atoms with Gasteiger partial charge in [0.15, 0.2) is 6.61 Å². The van der Waals surface area contributed by atoms with Gasteiger partial charge in [-0.05, 0) is 54.7 Å². The van der Waals surface area contributed by atoms with E-state index >= 15 is 0 Å². The number of hydrogen-bond donors (Lipinski definition) is 1. The molecule has 10 heteroatoms. The Hall–Kier alpha value is -2.94. The minimum Gasteiger partial charge on any atom is -0.484 e. The Morgan fingerprint density at radius 3 is 2.28 bits per heavy atom. The third-order valence-electron chi connectivity index (χ3n) is 6.71. The van der Waals surface area contributed by atoms with Crippen molar-refractivity contribution in [1.29, 1.82) is 0 Å². The summed E-state index contributed by atoms with van der Waals surface area (Å²) >= 11 is 6.13. The van der Waals surface area contributed by atoms with Crippen molar-refractivity contribution in [3.05, 3.63) is 53.1 Å². The number of nitrogens with one attached hydrogen (secondary N) is 1. The normalized spacial score (nSPS) is 17.1. The molecule has 0 radical (unpaired) electrons. The number of ether oxygens (including phenoxy) is 1. The first-order valence-corrected chi connectivity index (χ1v) is 12.5. The molecule has 2 aromatic rings. The van der Waals surface area contributed by atoms with Crippen LogP contribution in [0.25, 0.3) is 0 Å². The number of carbonyl (C=O) groups is 2. The van der Waals surface area contributed by atoms with E-state index in [4.69, 9.17) is 16.3 Å². The van der Waals surface area contributed by atoms with E-state index in [1.54, 1.807) is 18.2 Å². The van der Waals surface area contributed by atoms with Gasteiger partial charge in [-0.1, -0.05) is 43.0 Å². The van der Waals surface area contributed by atoms with Crippen LogP contribution in [0.3, 0.4) is 0 Å². The van der Waals surface area contributed by atoms with Crippen LogP contribution in [0.1, 0.15) is 43.6 Å². The molecule has 1 N–H and O–H groups in total. The number of halogens is 4. The highest BCUT2D eigenvalue weighted by atomic mass is 35.5. The number of carbonyl (C=O) groups excluding carboxylic acids is 2. The Kier molecular flexibility index (Phi) is 8.28. The van der Waals surface area contributed by atoms with E-state index in [9.17, 15) is 22.8 Å². The summed E-state index contributed by atoms with van der Waals surface area (Å²) in [6.45, 7) is 0.0254. The van der Waals surface area contributed by atoms with Gasteiger partial charge in [0, 0.05) is 31.2 Å². The van der Waals surface area contributed by atoms with Crippen LogP contribution in [0, 0.1) is 0 Å². The molecule has 1 aliphatic heterocycles. The summed E-state index contributed by atoms with van der Waals surface area (Å²) in [7, 11) is 0. The van der Waals surface area contributed by atoms with Crippen LogP contribution in [0.2, 0.25) is 5.02 Å². The van der Waals surface area contributed by atoms with Crippen molar-refractivity contribution in [1.82, 2.24) is 4.90 Å². The molecule has 0 atom stereocenters. The number of nitrogens with zero attached hydrogens (tertiary/aromatic N) is 2. The molecule has 0 bridgehead atoms. The van der Waals surface area contributed by atoms with Crippen molar-refractivity contribution >= 4 is 34.8 Å². The topological polar surface area (TPSA) is 61.9 Å². The minimum atomic E-state index is -4.89. The van der Waals surface area contributed by atoms with Gasteiger partial charge in [-0.25, -0.2) is 0 Å². The Labute approximate surface area is 213 Å². The molecule has 2 fully saturated rings. The monoisotopic (exact) mass is 523 g/mol. The summed E-state index contributed by atoms with van der Waals surface area (Å²) in [5.74, 6) is -1.04. The van der Waals surface area contributed by atoms with Crippen molar-refractivity contribution in [2.45, 2.75) is 44.2 Å². The Balaban J connectivity index is 1.33. The average molecular weight is 524 g/mol. The van der Waals surface area contributed by atoms with E-state index in [0.717, 1.165) is 4.90 Å². The summed E-state index contributed by atoms with van der Waals surface area (Å²) in [6.07, 6.45) is 1.34. The molecule has 2 aliphatic rings. The lowest BCUT2D eigenvalue weighted by atomic mass is 9.84. The van der Waals surface area contributed by atoms with E-state index < -0.39 is 12.1 Å². The fourth-order valence-corrected chi connectivity index (χ4v) is 4.99. The van der Waals surface area contributed by atoms with E-state index in [0.29, 0.717) is 28.1 Å². The smallest absolute Gasteiger partial charge is 0.471 e. The van der Waals surface area contributed by atoms with Crippen LogP contribution >= 0.6 is 11.6 Å². The molecule has 194 valence electrons. The van der Waals surface area contributed by atoms with E-state index in [2.05, 4.69) is 17.4 Å². The number of alkyl halides is 3. The molecule has 4 rings (SSSR count). The van der Waals surface area contributed by atoms with Gasteiger partial charge in [-0.3, -0.25) is 9.59 Å². The molecule has 0 unspecified atom stereocenters. The highest BCUT2D eigenvalue weighted by Gasteiger charge is 2.43. The first-order chi connectivity index (χ1) is 17.2. The van der Waals surface area contributed by atoms with Crippen LogP contribution in [0.15, 0.2) is 42.5 Å². The van der Waals surface area contributed by atoms with Crippen LogP contribution < -0.4 is 15.0 Å². The summed E-state index contributed by atoms with van der Waals surface area (Å²) in [4.78, 5) is 26.7. The Bertz CT molecular complexity index is 1060. The molecule has 0 aromatic heterocycles. The van der Waals surface area contributed by atoms with E-state index in [1.165, 1.54) is 37.7 Å². The summed E-state index contributed by atoms with van der Waals surface area (Å²) in [5.41, 5.74) is 2.34. The zero-order valence-corrected chi connectivity index (χ0v) is 20.6. The number of benzene rings is 2. The third-order valence-corrected chi connectivity index (χ3v) is 6.94. The highest BCUT2D eigenvalue weighted by Crippen LogP contribution is 2.33. The second kappa shape index (κ2) is 11.4. The number of hydrogen-bond acceptors (Lipinski definition) is 4. The van der Waals surface area contributed by atoms with Gasteiger partial charge in [0.1, 0.15) is 5.75 Å². The lowest BCUT2D eigenvalue weighted by molar-refractivity contribution is -0.185. The summed E-state index contributed by atoms with van der Waals surface area (Å²) in [6, 6.07) is 12.8. The summed E-state index contributed by atoms with van der Waals surface area (Å²) in [5, 5.41) is 3.19. The van der Waals surface area contributed by atoms with E-state index in [1.807, 2.05) is 17.0 Å². The standard InChI is InChI=1S/C26H29ClF3N3O3/c27-20-8-11-23(32-12-14-33(15-13-32)25(35)26(28,29)30)22(16-20)31-24(34)17-36-21-9-6-19(7-10-21)18-4-2-1-3-5-18/h6-11,16,18H,1-5,12-15,17H2,(H,31,34). The minimum absolute atomic E-state index is 0.0751. The van der Waals surface area contributed by atoms with Crippen LogP contribution in [0.4, 0.5) is 24.5 Å². The van der Waals surface area contributed by atoms with Crippen molar-refractivity contribution in [3.8, 4) is 5.75 Å². The molecule has 1 aliphatic carbocycles. The molecule has 2 amide bonds. The number of rotatable bonds is 6. The van der Waals surface area contributed by atoms with Crippen LogP contribution in [0.5, 0.6) is 5.75 Å². The highest BCUT2D eigenvalue weighted by molar-refractivity contribution is 6.31. The first kappa shape index (κ1) is 26.1. The van der Waals surface area contributed by atoms with Gasteiger partial charge in [0.25, 0.3) is 5.91 Å². The van der Waals surface area contributed by atoms with Crippen molar-refractivity contribution in [2.24, 2.45) is 0 Å². The van der Waals surface area contributed by atoms with Gasteiger partial charge < -0.3 is 19.9 Å². The number of piperazine rings is 1. The maximum absolute atomic E-state index is 12.7. The molecule has 0 spiro atoms. The molecular weight excluding hydrogens is 495 g/mol. The quantitative estimate of drug-likeness (QED) is 0.534. The number of amides is 2. The zero-order chi connectivity index (χ0) is 25.7. The van der Waals surface area contributed by atoms with Gasteiger partial charge in [-0.15, -0.1) is 0 Å². The molecule has 1 heterocycles. The largest absolute Gasteiger partial charge is 0.484 e. The van der Waals surface area contributed by atoms with Gasteiger partial charge in [-0.2, -0.15) is 13.2 Å². The molecular formula is C26H29ClF3N3O3. The average Bonchev–Trinajstić information content (AvgIpc) is 2.88. The maximum atomic E-state index is 12.7. The van der Waals surface area contributed by atoms with Crippen molar-refractivity contribution < 1.29 is 27.5 Å². The molecule has 2 aromatic carbocycles. The fourth-order valence-electron chi connectivity index (χ4n) is 4.82. The Morgan fingerprint density at radius 1 is 0.972 bits per heavy atom. The van der Waals surface area contributed by atoms with Crippen molar-refractivity contribution in [2.75, 3.05) is 43.0 Å². The SMILES string of the molecule is O=C(COc1ccc(C2CCCCC2)cc1)Nc1cc(Cl)ccc1N1CCN(C(=O)C(F)(F)F)CC1. The van der Waals surface area contributed by atoms with Crippen LogP contribution in [-0.4, -0.2) is 55.7 Å². The van der Waals surface area contributed by atoms with E-state index in [-0.39, 0.29) is 38.7 Å². The third kappa shape index (κ3) is 6.63. The molecule has 6 nitrogen and oxygen atoms in total. The second-order valence-corrected chi connectivity index (χ2v) is 9.62. The number of anilines is 2. The molecule has 1 saturated carbocycles. The summed E-state index contributed by atoms with van der Waals surface area (Å²) < 4.78 is 43.8. The second-order valence-electron chi connectivity index (χ2n) is 9.18. The van der Waals surface area contributed by atoms with Gasteiger partial charge in [0.2, 0.25) is 0 Å². The Morgan fingerprint density at radius 2 is 1.64 bits per heavy atom. The lowest BCUT2D eigenvalue weighted by Crippen LogP contribution is -2.52.